The van der Waals surface area contributed by atoms with Gasteiger partial charge in [-0.15, -0.1) is 0 Å². The lowest BCUT2D eigenvalue weighted by Crippen LogP contribution is -2.04. The normalized spacial score (nSPS) is 12.0. The van der Waals surface area contributed by atoms with Crippen LogP contribution >= 0.6 is 0 Å². The molecule has 8 heteroatoms. The molecule has 0 spiro atoms. The van der Waals surface area contributed by atoms with Crippen LogP contribution in [0.5, 0.6) is 0 Å². The van der Waals surface area contributed by atoms with Crippen LogP contribution in [0.4, 0.5) is 0 Å². The maximum Gasteiger partial charge on any atom is 0.235 e. The van der Waals surface area contributed by atoms with Gasteiger partial charge in [0.1, 0.15) is 0 Å². The van der Waals surface area contributed by atoms with Crippen molar-refractivity contribution in [2.24, 2.45) is 0 Å². The number of aromatic nitrogens is 8. The Hall–Kier alpha value is -15.4. The summed E-state index contributed by atoms with van der Waals surface area (Å²) >= 11 is 0. The molecule has 17 aromatic carbocycles. The van der Waals surface area contributed by atoms with Gasteiger partial charge in [0.15, 0.2) is 0 Å². The number of rotatable bonds is 11. The molecule has 7 aromatic heterocycles. The number of hydrogen-bond donors (Lipinski definition) is 0. The highest BCUT2D eigenvalue weighted by molar-refractivity contribution is 6.17. The lowest BCUT2D eigenvalue weighted by atomic mass is 9.92. The topological polar surface area (TPSA) is 55.4 Å². The Balaban J connectivity index is 0.742. The summed E-state index contributed by atoms with van der Waals surface area (Å²) in [6.45, 7) is 0. The minimum absolute atomic E-state index is 0.553. The van der Waals surface area contributed by atoms with Gasteiger partial charge >= 0.3 is 0 Å². The molecule has 0 amide bonds. The SMILES string of the molecule is c1ccc(-c2cc(-c3ccccc3)cc(-c3cccc(-c4cc(-c5cccc(-n6c7ccc(-n8c9ccccc9c9ccccc98)cc7c7cc(-n8c9ccccc9c9ccccc98)ccc76)c5)nc(-n5c6ccc(-n7c8ccccc8c8ccccc87)cc6c6cc(-n7c8ccccc8c8ccccc87)ccc65)n4)c3)c2)cc1. The molecular weight excluding hydrogens is 1390 g/mol. The van der Waals surface area contributed by atoms with E-state index in [1.54, 1.807) is 0 Å². The van der Waals surface area contributed by atoms with Crippen LogP contribution in [0, 0.1) is 0 Å². The van der Waals surface area contributed by atoms with Gasteiger partial charge in [0.25, 0.3) is 0 Å². The van der Waals surface area contributed by atoms with Gasteiger partial charge in [0.2, 0.25) is 5.95 Å². The van der Waals surface area contributed by atoms with Gasteiger partial charge in [-0.3, -0.25) is 4.57 Å². The summed E-state index contributed by atoms with van der Waals surface area (Å²) in [6.07, 6.45) is 0. The molecule has 0 unspecified atom stereocenters. The molecule has 0 fully saturated rings. The van der Waals surface area contributed by atoms with E-state index in [1.165, 1.54) is 65.2 Å². The zero-order valence-corrected chi connectivity index (χ0v) is 61.7. The predicted octanol–water partition coefficient (Wildman–Crippen LogP) is 27.4. The summed E-state index contributed by atoms with van der Waals surface area (Å²) in [5.41, 5.74) is 29.0. The van der Waals surface area contributed by atoms with Crippen molar-refractivity contribution in [2.75, 3.05) is 0 Å². The average Bonchev–Trinajstić information content (AvgIpc) is 1.55. The molecule has 0 aliphatic carbocycles. The molecule has 24 rings (SSSR count). The maximum absolute atomic E-state index is 5.90. The highest BCUT2D eigenvalue weighted by atomic mass is 15.2. The molecular formula is C106H66N8. The minimum atomic E-state index is 0.553. The Morgan fingerprint density at radius 1 is 0.132 bits per heavy atom. The van der Waals surface area contributed by atoms with Crippen molar-refractivity contribution in [3.05, 3.63) is 400 Å². The van der Waals surface area contributed by atoms with E-state index in [-0.39, 0.29) is 0 Å². The second-order valence-corrected chi connectivity index (χ2v) is 30.1. The van der Waals surface area contributed by atoms with Crippen molar-refractivity contribution in [2.45, 2.75) is 0 Å². The van der Waals surface area contributed by atoms with E-state index in [0.29, 0.717) is 5.95 Å². The summed E-state index contributed by atoms with van der Waals surface area (Å²) in [7, 11) is 0. The van der Waals surface area contributed by atoms with Gasteiger partial charge in [0, 0.05) is 104 Å². The molecule has 8 nitrogen and oxygen atoms in total. The van der Waals surface area contributed by atoms with Crippen molar-refractivity contribution < 1.29 is 0 Å². The summed E-state index contributed by atoms with van der Waals surface area (Å²) in [6, 6.07) is 147. The van der Waals surface area contributed by atoms with Crippen LogP contribution < -0.4 is 0 Å². The van der Waals surface area contributed by atoms with E-state index in [9.17, 15) is 0 Å². The van der Waals surface area contributed by atoms with E-state index in [1.807, 2.05) is 0 Å². The van der Waals surface area contributed by atoms with Crippen molar-refractivity contribution in [1.82, 2.24) is 37.4 Å². The molecule has 530 valence electrons. The largest absolute Gasteiger partial charge is 0.309 e. The van der Waals surface area contributed by atoms with Crippen molar-refractivity contribution >= 4 is 131 Å². The molecule has 0 saturated carbocycles. The number of para-hydroxylation sites is 8. The third-order valence-corrected chi connectivity index (χ3v) is 23.8. The number of nitrogens with zero attached hydrogens (tertiary/aromatic N) is 8. The van der Waals surface area contributed by atoms with Crippen molar-refractivity contribution in [1.29, 1.82) is 0 Å². The Morgan fingerprint density at radius 3 is 0.684 bits per heavy atom. The van der Waals surface area contributed by atoms with E-state index >= 15 is 0 Å². The molecule has 0 aliphatic rings. The van der Waals surface area contributed by atoms with Crippen LogP contribution in [0.25, 0.3) is 221 Å². The summed E-state index contributed by atoms with van der Waals surface area (Å²) < 4.78 is 14.5. The van der Waals surface area contributed by atoms with Gasteiger partial charge < -0.3 is 22.8 Å². The highest BCUT2D eigenvalue weighted by Gasteiger charge is 2.25. The molecule has 24 aromatic rings. The minimum Gasteiger partial charge on any atom is -0.309 e. The standard InChI is InChI=1S/C106H66N8/c1-3-25-67(26-4-1)72-58-73(68-27-5-2-6-28-68)60-74(59-72)69-29-23-30-70(57-69)92-66-93(108-106(107-92)114-104-55-51-78(112-98-45-19-11-37-84(98)85-38-12-20-46-99(85)112)64-90(104)91-65-79(52-56-105(91)114)113-100-47-21-13-39-86(100)87-40-14-22-48-101(87)113)71-31-24-32-75(61-71)109-102-53-49-76(110-94-41-15-7-33-80(94)81-34-8-16-42-95(81)110)62-88(102)89-63-77(50-54-103(89)109)111-96-43-17-9-35-82(96)83-36-10-18-44-97(83)111/h1-66H. The quantitative estimate of drug-likeness (QED) is 0.130. The third-order valence-electron chi connectivity index (χ3n) is 23.8. The summed E-state index contributed by atoms with van der Waals surface area (Å²) in [5, 5.41) is 14.2. The molecule has 0 aliphatic heterocycles. The first-order valence-electron chi connectivity index (χ1n) is 39.0. The first kappa shape index (κ1) is 63.5. The zero-order chi connectivity index (χ0) is 74.6. The number of fused-ring (bicyclic) bond motifs is 18. The predicted molar refractivity (Wildman–Crippen MR) is 475 cm³/mol. The molecule has 0 N–H and O–H groups in total. The second kappa shape index (κ2) is 25.1. The molecule has 7 heterocycles. The summed E-state index contributed by atoms with van der Waals surface area (Å²) in [5.74, 6) is 0.553. The van der Waals surface area contributed by atoms with Crippen molar-refractivity contribution in [3.8, 4) is 90.3 Å². The second-order valence-electron chi connectivity index (χ2n) is 30.1. The van der Waals surface area contributed by atoms with Crippen LogP contribution in [0.1, 0.15) is 0 Å². The average molecular weight is 1450 g/mol. The summed E-state index contributed by atoms with van der Waals surface area (Å²) in [4.78, 5) is 11.8. The Kier molecular flexibility index (Phi) is 14.0. The lowest BCUT2D eigenvalue weighted by Gasteiger charge is -2.15. The highest BCUT2D eigenvalue weighted by Crippen LogP contribution is 2.45. The van der Waals surface area contributed by atoms with Gasteiger partial charge in [0.05, 0.1) is 77.6 Å². The van der Waals surface area contributed by atoms with E-state index in [4.69, 9.17) is 9.97 Å². The molecule has 0 saturated heterocycles. The molecule has 0 bridgehead atoms. The smallest absolute Gasteiger partial charge is 0.235 e. The van der Waals surface area contributed by atoms with E-state index in [0.717, 1.165) is 150 Å². The fourth-order valence-corrected chi connectivity index (χ4v) is 18.7. The zero-order valence-electron chi connectivity index (χ0n) is 61.7. The molecule has 0 radical (unpaired) electrons. The first-order valence-corrected chi connectivity index (χ1v) is 39.0. The van der Waals surface area contributed by atoms with Crippen LogP contribution in [-0.2, 0) is 0 Å². The number of benzene rings is 17. The van der Waals surface area contributed by atoms with Gasteiger partial charge in [-0.25, -0.2) is 9.97 Å². The number of hydrogen-bond acceptors (Lipinski definition) is 2. The van der Waals surface area contributed by atoms with E-state index in [2.05, 4.69) is 428 Å². The molecule has 0 atom stereocenters. The Morgan fingerprint density at radius 2 is 0.360 bits per heavy atom. The van der Waals surface area contributed by atoms with Gasteiger partial charge in [-0.1, -0.05) is 237 Å². The maximum atomic E-state index is 5.90. The monoisotopic (exact) mass is 1450 g/mol. The Labute approximate surface area is 654 Å². The lowest BCUT2D eigenvalue weighted by molar-refractivity contribution is 0.994. The van der Waals surface area contributed by atoms with Gasteiger partial charge in [-0.2, -0.15) is 0 Å². The van der Waals surface area contributed by atoms with Crippen LogP contribution in [0.2, 0.25) is 0 Å². The first-order chi connectivity index (χ1) is 56.5. The van der Waals surface area contributed by atoms with E-state index < -0.39 is 0 Å². The third kappa shape index (κ3) is 9.78. The fourth-order valence-electron chi connectivity index (χ4n) is 18.7. The van der Waals surface area contributed by atoms with Crippen LogP contribution in [0.15, 0.2) is 400 Å². The van der Waals surface area contributed by atoms with Crippen molar-refractivity contribution in [3.63, 3.8) is 0 Å². The fraction of sp³-hybridized carbons (Fsp3) is 0. The van der Waals surface area contributed by atoms with Crippen LogP contribution in [-0.4, -0.2) is 37.4 Å². The molecule has 114 heavy (non-hydrogen) atoms. The Bertz CT molecular complexity index is 7510. The van der Waals surface area contributed by atoms with Gasteiger partial charge in [-0.05, 0) is 197 Å². The van der Waals surface area contributed by atoms with Crippen LogP contribution in [0.3, 0.4) is 0 Å².